The van der Waals surface area contributed by atoms with E-state index in [1.54, 1.807) is 12.1 Å². The van der Waals surface area contributed by atoms with E-state index in [2.05, 4.69) is 6.92 Å². The van der Waals surface area contributed by atoms with Crippen molar-refractivity contribution >= 4 is 17.4 Å². The maximum Gasteiger partial charge on any atom is 0.200 e. The molecule has 0 saturated heterocycles. The minimum absolute atomic E-state index is 0.0879. The molecule has 4 heteroatoms. The Balaban J connectivity index is 2.01. The van der Waals surface area contributed by atoms with Crippen LogP contribution in [0.1, 0.15) is 29.3 Å². The van der Waals surface area contributed by atoms with Crippen LogP contribution in [0, 0.1) is 5.82 Å². The summed E-state index contributed by atoms with van der Waals surface area (Å²) in [4.78, 5) is 12.0. The van der Waals surface area contributed by atoms with Gasteiger partial charge in [0.25, 0.3) is 0 Å². The fourth-order valence-electron chi connectivity index (χ4n) is 1.99. The van der Waals surface area contributed by atoms with Crippen LogP contribution in [0.25, 0.3) is 0 Å². The predicted octanol–water partition coefficient (Wildman–Crippen LogP) is 4.69. The summed E-state index contributed by atoms with van der Waals surface area (Å²) in [5.74, 6) is -0.874. The molecule has 0 spiro atoms. The van der Waals surface area contributed by atoms with E-state index in [4.69, 9.17) is 16.3 Å². The molecule has 0 bridgehead atoms. The Kier molecular flexibility index (Phi) is 5.34. The molecule has 0 aromatic heterocycles. The lowest BCUT2D eigenvalue weighted by atomic mass is 10.1. The van der Waals surface area contributed by atoms with Crippen molar-refractivity contribution in [1.29, 1.82) is 0 Å². The number of ether oxygens (including phenoxy) is 1. The van der Waals surface area contributed by atoms with E-state index in [0.717, 1.165) is 12.8 Å². The van der Waals surface area contributed by atoms with Gasteiger partial charge in [0.05, 0.1) is 5.02 Å². The van der Waals surface area contributed by atoms with Gasteiger partial charge in [0, 0.05) is 5.56 Å². The molecular formula is C17H16ClFO2. The van der Waals surface area contributed by atoms with Gasteiger partial charge in [-0.15, -0.1) is 0 Å². The first-order chi connectivity index (χ1) is 10.1. The maximum absolute atomic E-state index is 13.5. The second-order valence-electron chi connectivity index (χ2n) is 4.71. The van der Waals surface area contributed by atoms with Gasteiger partial charge in [-0.1, -0.05) is 55.3 Å². The lowest BCUT2D eigenvalue weighted by molar-refractivity contribution is 0.0919. The van der Waals surface area contributed by atoms with Crippen molar-refractivity contribution in [2.24, 2.45) is 0 Å². The number of rotatable bonds is 6. The summed E-state index contributed by atoms with van der Waals surface area (Å²) in [6, 6.07) is 11.6. The number of carbonyl (C=O) groups is 1. The molecule has 0 aliphatic heterocycles. The Bertz CT molecular complexity index is 603. The van der Waals surface area contributed by atoms with Gasteiger partial charge in [-0.05, 0) is 24.1 Å². The molecule has 21 heavy (non-hydrogen) atoms. The van der Waals surface area contributed by atoms with Crippen molar-refractivity contribution in [2.75, 3.05) is 6.61 Å². The van der Waals surface area contributed by atoms with Crippen LogP contribution in [0.3, 0.4) is 0 Å². The fourth-order valence-corrected chi connectivity index (χ4v) is 2.21. The third kappa shape index (κ3) is 4.05. The van der Waals surface area contributed by atoms with Gasteiger partial charge < -0.3 is 4.74 Å². The number of Topliss-reactive ketones (excluding diaryl/α,β-unsaturated/α-hetero) is 1. The number of carbonyl (C=O) groups excluding carboxylic acids is 1. The topological polar surface area (TPSA) is 26.3 Å². The summed E-state index contributed by atoms with van der Waals surface area (Å²) in [5.41, 5.74) is 1.73. The lowest BCUT2D eigenvalue weighted by Gasteiger charge is -2.08. The first-order valence-electron chi connectivity index (χ1n) is 6.80. The van der Waals surface area contributed by atoms with Gasteiger partial charge in [0.1, 0.15) is 0 Å². The molecule has 0 unspecified atom stereocenters. The van der Waals surface area contributed by atoms with E-state index in [1.807, 2.05) is 12.1 Å². The average molecular weight is 307 g/mol. The Morgan fingerprint density at radius 1 is 1.19 bits per heavy atom. The van der Waals surface area contributed by atoms with Gasteiger partial charge in [-0.2, -0.15) is 0 Å². The largest absolute Gasteiger partial charge is 0.481 e. The fraction of sp³-hybridized carbons (Fsp3) is 0.235. The summed E-state index contributed by atoms with van der Waals surface area (Å²) in [7, 11) is 0. The first kappa shape index (κ1) is 15.5. The van der Waals surface area contributed by atoms with E-state index >= 15 is 0 Å². The van der Waals surface area contributed by atoms with Crippen LogP contribution < -0.4 is 4.74 Å². The summed E-state index contributed by atoms with van der Waals surface area (Å²) >= 11 is 5.84. The highest BCUT2D eigenvalue weighted by Gasteiger charge is 2.12. The molecule has 0 fully saturated rings. The monoisotopic (exact) mass is 306 g/mol. The normalized spacial score (nSPS) is 10.4. The lowest BCUT2D eigenvalue weighted by Crippen LogP contribution is -2.12. The van der Waals surface area contributed by atoms with Gasteiger partial charge in [0.15, 0.2) is 24.0 Å². The number of hydrogen-bond donors (Lipinski definition) is 0. The quantitative estimate of drug-likeness (QED) is 0.723. The van der Waals surface area contributed by atoms with Crippen molar-refractivity contribution in [3.63, 3.8) is 0 Å². The van der Waals surface area contributed by atoms with Crippen molar-refractivity contribution in [1.82, 2.24) is 0 Å². The third-order valence-electron chi connectivity index (χ3n) is 3.08. The number of halogens is 2. The molecule has 0 saturated carbocycles. The summed E-state index contributed by atoms with van der Waals surface area (Å²) in [6.45, 7) is 1.86. The minimum atomic E-state index is -0.575. The molecule has 0 N–H and O–H groups in total. The standard InChI is InChI=1S/C17H16ClFO2/c1-2-4-12-7-9-13(10-8-12)16(20)11-21-17-14(18)5-3-6-15(17)19/h3,5-10H,2,4,11H2,1H3. The number of para-hydroxylation sites is 1. The molecule has 110 valence electrons. The number of ketones is 1. The maximum atomic E-state index is 13.5. The first-order valence-corrected chi connectivity index (χ1v) is 7.18. The van der Waals surface area contributed by atoms with Crippen molar-refractivity contribution in [2.45, 2.75) is 19.8 Å². The van der Waals surface area contributed by atoms with Crippen LogP contribution in [0.2, 0.25) is 5.02 Å². The van der Waals surface area contributed by atoms with E-state index in [9.17, 15) is 9.18 Å². The Labute approximate surface area is 128 Å². The van der Waals surface area contributed by atoms with Crippen LogP contribution in [0.15, 0.2) is 42.5 Å². The zero-order valence-corrected chi connectivity index (χ0v) is 12.5. The number of hydrogen-bond acceptors (Lipinski definition) is 2. The molecule has 0 aliphatic carbocycles. The molecular weight excluding hydrogens is 291 g/mol. The van der Waals surface area contributed by atoms with Gasteiger partial charge in [0.2, 0.25) is 0 Å². The SMILES string of the molecule is CCCc1ccc(C(=O)COc2c(F)cccc2Cl)cc1. The molecule has 2 nitrogen and oxygen atoms in total. The van der Waals surface area contributed by atoms with Crippen molar-refractivity contribution < 1.29 is 13.9 Å². The second kappa shape index (κ2) is 7.23. The van der Waals surface area contributed by atoms with Gasteiger partial charge in [-0.25, -0.2) is 4.39 Å². The van der Waals surface area contributed by atoms with Crippen LogP contribution in [0.5, 0.6) is 5.75 Å². The molecule has 0 amide bonds. The Hall–Kier alpha value is -1.87. The summed E-state index contributed by atoms with van der Waals surface area (Å²) < 4.78 is 18.7. The molecule has 0 heterocycles. The van der Waals surface area contributed by atoms with Crippen LogP contribution in [0.4, 0.5) is 4.39 Å². The molecule has 2 aromatic carbocycles. The summed E-state index contributed by atoms with van der Waals surface area (Å²) in [5, 5.41) is 0.154. The number of aryl methyl sites for hydroxylation is 1. The van der Waals surface area contributed by atoms with E-state index in [1.165, 1.54) is 23.8 Å². The highest BCUT2D eigenvalue weighted by atomic mass is 35.5. The van der Waals surface area contributed by atoms with E-state index < -0.39 is 5.82 Å². The minimum Gasteiger partial charge on any atom is -0.481 e. The van der Waals surface area contributed by atoms with Crippen molar-refractivity contribution in [3.05, 3.63) is 64.4 Å². The van der Waals surface area contributed by atoms with Crippen LogP contribution >= 0.6 is 11.6 Å². The zero-order chi connectivity index (χ0) is 15.2. The Morgan fingerprint density at radius 3 is 2.52 bits per heavy atom. The molecule has 2 rings (SSSR count). The van der Waals surface area contributed by atoms with Gasteiger partial charge >= 0.3 is 0 Å². The molecule has 0 atom stereocenters. The summed E-state index contributed by atoms with van der Waals surface area (Å²) in [6.07, 6.45) is 2.04. The van der Waals surface area contributed by atoms with Crippen LogP contribution in [-0.4, -0.2) is 12.4 Å². The molecule has 2 aromatic rings. The third-order valence-corrected chi connectivity index (χ3v) is 3.38. The Morgan fingerprint density at radius 2 is 1.90 bits per heavy atom. The van der Waals surface area contributed by atoms with Crippen LogP contribution in [-0.2, 0) is 6.42 Å². The average Bonchev–Trinajstić information content (AvgIpc) is 2.47. The van der Waals surface area contributed by atoms with E-state index in [-0.39, 0.29) is 23.2 Å². The highest BCUT2D eigenvalue weighted by Crippen LogP contribution is 2.27. The van der Waals surface area contributed by atoms with E-state index in [0.29, 0.717) is 5.56 Å². The van der Waals surface area contributed by atoms with Gasteiger partial charge in [-0.3, -0.25) is 4.79 Å². The zero-order valence-electron chi connectivity index (χ0n) is 11.7. The second-order valence-corrected chi connectivity index (χ2v) is 5.12. The smallest absolute Gasteiger partial charge is 0.200 e. The molecule has 0 aliphatic rings. The number of benzene rings is 2. The predicted molar refractivity (Wildman–Crippen MR) is 81.7 cm³/mol. The van der Waals surface area contributed by atoms with Crippen molar-refractivity contribution in [3.8, 4) is 5.75 Å². The molecule has 0 radical (unpaired) electrons. The highest BCUT2D eigenvalue weighted by molar-refractivity contribution is 6.32.